The molecule has 0 saturated heterocycles. The highest BCUT2D eigenvalue weighted by molar-refractivity contribution is 5.97. The maximum Gasteiger partial charge on any atom is 0.251 e. The number of amides is 2. The van der Waals surface area contributed by atoms with E-state index in [2.05, 4.69) is 10.6 Å². The van der Waals surface area contributed by atoms with Crippen LogP contribution in [0.4, 0.5) is 5.69 Å². The molecule has 4 N–H and O–H groups in total. The van der Waals surface area contributed by atoms with Gasteiger partial charge in [0.15, 0.2) is 0 Å². The molecule has 0 radical (unpaired) electrons. The molecule has 0 aliphatic carbocycles. The van der Waals surface area contributed by atoms with Gasteiger partial charge in [0.2, 0.25) is 5.91 Å². The van der Waals surface area contributed by atoms with Crippen LogP contribution < -0.4 is 16.4 Å². The molecule has 0 aliphatic heterocycles. The zero-order valence-electron chi connectivity index (χ0n) is 14.6. The first-order chi connectivity index (χ1) is 11.3. The number of carbonyl (C=O) groups excluding carboxylic acids is 2. The minimum atomic E-state index is -0.741. The Bertz CT molecular complexity index is 710. The summed E-state index contributed by atoms with van der Waals surface area (Å²) >= 11 is 0. The van der Waals surface area contributed by atoms with Crippen molar-refractivity contribution in [3.63, 3.8) is 0 Å². The number of nitrogens with one attached hydrogen (secondary N) is 2. The van der Waals surface area contributed by atoms with E-state index in [1.807, 2.05) is 51.1 Å². The smallest absolute Gasteiger partial charge is 0.251 e. The zero-order chi connectivity index (χ0) is 17.7. The largest absolute Gasteiger partial charge is 0.347 e. The first-order valence-electron chi connectivity index (χ1n) is 7.80. The van der Waals surface area contributed by atoms with E-state index >= 15 is 0 Å². The zero-order valence-corrected chi connectivity index (χ0v) is 15.4. The normalized spacial score (nSPS) is 11.8. The fourth-order valence-corrected chi connectivity index (χ4v) is 2.15. The predicted octanol–water partition coefficient (Wildman–Crippen LogP) is 3.28. The summed E-state index contributed by atoms with van der Waals surface area (Å²) in [4.78, 5) is 24.3. The number of carbonyl (C=O) groups is 2. The Morgan fingerprint density at radius 2 is 1.52 bits per heavy atom. The second-order valence-corrected chi connectivity index (χ2v) is 6.66. The first-order valence-corrected chi connectivity index (χ1v) is 7.80. The number of benzene rings is 2. The Morgan fingerprint density at radius 1 is 0.960 bits per heavy atom. The van der Waals surface area contributed by atoms with Crippen molar-refractivity contribution >= 4 is 29.9 Å². The summed E-state index contributed by atoms with van der Waals surface area (Å²) in [5, 5.41) is 5.65. The quantitative estimate of drug-likeness (QED) is 0.781. The van der Waals surface area contributed by atoms with Crippen LogP contribution in [0.5, 0.6) is 0 Å². The van der Waals surface area contributed by atoms with Gasteiger partial charge >= 0.3 is 0 Å². The molecular weight excluding hydrogens is 338 g/mol. The highest BCUT2D eigenvalue weighted by Crippen LogP contribution is 2.15. The van der Waals surface area contributed by atoms with Gasteiger partial charge in [0.25, 0.3) is 5.91 Å². The van der Waals surface area contributed by atoms with E-state index in [-0.39, 0.29) is 29.8 Å². The fraction of sp³-hybridized carbons (Fsp3) is 0.263. The van der Waals surface area contributed by atoms with E-state index in [0.717, 1.165) is 5.56 Å². The van der Waals surface area contributed by atoms with Crippen molar-refractivity contribution in [1.29, 1.82) is 0 Å². The molecule has 0 heterocycles. The number of nitrogens with two attached hydrogens (primary N) is 1. The number of rotatable bonds is 4. The van der Waals surface area contributed by atoms with E-state index in [1.54, 1.807) is 24.3 Å². The first kappa shape index (κ1) is 20.7. The van der Waals surface area contributed by atoms with Crippen molar-refractivity contribution in [1.82, 2.24) is 5.32 Å². The summed E-state index contributed by atoms with van der Waals surface area (Å²) < 4.78 is 0. The van der Waals surface area contributed by atoms with Gasteiger partial charge in [0.05, 0.1) is 0 Å². The Balaban J connectivity index is 0.00000312. The standard InChI is InChI=1S/C19H23N3O2.ClH/c1-19(2,3)22-17(23)14-9-11-15(12-10-14)21-18(24)16(20)13-7-5-4-6-8-13;/h4-12,16H,20H2,1-3H3,(H,21,24)(H,22,23);1H. The van der Waals surface area contributed by atoms with Crippen molar-refractivity contribution in [3.05, 3.63) is 65.7 Å². The number of hydrogen-bond acceptors (Lipinski definition) is 3. The van der Waals surface area contributed by atoms with Gasteiger partial charge in [0, 0.05) is 16.8 Å². The van der Waals surface area contributed by atoms with Crippen LogP contribution in [0.3, 0.4) is 0 Å². The molecule has 0 aliphatic rings. The van der Waals surface area contributed by atoms with E-state index < -0.39 is 6.04 Å². The topological polar surface area (TPSA) is 84.2 Å². The van der Waals surface area contributed by atoms with Gasteiger partial charge in [0.1, 0.15) is 6.04 Å². The van der Waals surface area contributed by atoms with E-state index in [4.69, 9.17) is 5.73 Å². The monoisotopic (exact) mass is 361 g/mol. The van der Waals surface area contributed by atoms with Crippen LogP contribution in [0, 0.1) is 0 Å². The average Bonchev–Trinajstić information content (AvgIpc) is 2.54. The maximum absolute atomic E-state index is 12.2. The van der Waals surface area contributed by atoms with Crippen LogP contribution in [0.2, 0.25) is 0 Å². The molecule has 2 aromatic rings. The highest BCUT2D eigenvalue weighted by atomic mass is 35.5. The number of hydrogen-bond donors (Lipinski definition) is 3. The van der Waals surface area contributed by atoms with E-state index in [0.29, 0.717) is 11.3 Å². The Labute approximate surface area is 154 Å². The van der Waals surface area contributed by atoms with Crippen molar-refractivity contribution in [2.24, 2.45) is 5.73 Å². The molecule has 5 nitrogen and oxygen atoms in total. The van der Waals surface area contributed by atoms with Crippen LogP contribution >= 0.6 is 12.4 Å². The second kappa shape index (κ2) is 8.65. The van der Waals surface area contributed by atoms with Gasteiger partial charge in [-0.1, -0.05) is 30.3 Å². The number of halogens is 1. The molecule has 2 aromatic carbocycles. The summed E-state index contributed by atoms with van der Waals surface area (Å²) in [5.74, 6) is -0.450. The van der Waals surface area contributed by atoms with Crippen LogP contribution in [0.15, 0.2) is 54.6 Å². The summed E-state index contributed by atoms with van der Waals surface area (Å²) in [6.45, 7) is 5.76. The summed E-state index contributed by atoms with van der Waals surface area (Å²) in [6.07, 6.45) is 0. The van der Waals surface area contributed by atoms with Crippen molar-refractivity contribution in [2.45, 2.75) is 32.4 Å². The summed E-state index contributed by atoms with van der Waals surface area (Å²) in [5.41, 5.74) is 7.54. The van der Waals surface area contributed by atoms with Crippen molar-refractivity contribution < 1.29 is 9.59 Å². The lowest BCUT2D eigenvalue weighted by atomic mass is 10.1. The lowest BCUT2D eigenvalue weighted by Gasteiger charge is -2.20. The molecule has 0 bridgehead atoms. The van der Waals surface area contributed by atoms with Gasteiger partial charge in [-0.15, -0.1) is 12.4 Å². The molecule has 0 saturated carbocycles. The van der Waals surface area contributed by atoms with Gasteiger partial charge in [-0.2, -0.15) is 0 Å². The molecule has 0 spiro atoms. The Hall–Kier alpha value is -2.37. The van der Waals surface area contributed by atoms with Crippen LogP contribution in [-0.2, 0) is 4.79 Å². The van der Waals surface area contributed by atoms with Crippen LogP contribution in [0.1, 0.15) is 42.7 Å². The molecule has 2 rings (SSSR count). The van der Waals surface area contributed by atoms with Crippen molar-refractivity contribution in [3.8, 4) is 0 Å². The molecule has 25 heavy (non-hydrogen) atoms. The Morgan fingerprint density at radius 3 is 2.04 bits per heavy atom. The van der Waals surface area contributed by atoms with Gasteiger partial charge in [-0.05, 0) is 50.6 Å². The minimum Gasteiger partial charge on any atom is -0.347 e. The molecule has 134 valence electrons. The third-order valence-corrected chi connectivity index (χ3v) is 3.34. The van der Waals surface area contributed by atoms with E-state index in [1.165, 1.54) is 0 Å². The third-order valence-electron chi connectivity index (χ3n) is 3.34. The van der Waals surface area contributed by atoms with Crippen molar-refractivity contribution in [2.75, 3.05) is 5.32 Å². The molecular formula is C19H24ClN3O2. The lowest BCUT2D eigenvalue weighted by Crippen LogP contribution is -2.40. The second-order valence-electron chi connectivity index (χ2n) is 6.66. The average molecular weight is 362 g/mol. The van der Waals surface area contributed by atoms with E-state index in [9.17, 15) is 9.59 Å². The highest BCUT2D eigenvalue weighted by Gasteiger charge is 2.17. The minimum absolute atomic E-state index is 0. The molecule has 6 heteroatoms. The molecule has 1 unspecified atom stereocenters. The Kier molecular flexibility index (Phi) is 7.15. The molecule has 0 aromatic heterocycles. The summed E-state index contributed by atoms with van der Waals surface area (Å²) in [7, 11) is 0. The molecule has 0 fully saturated rings. The summed E-state index contributed by atoms with van der Waals surface area (Å²) in [6, 6.07) is 15.1. The van der Waals surface area contributed by atoms with Gasteiger partial charge in [-0.25, -0.2) is 0 Å². The predicted molar refractivity (Wildman–Crippen MR) is 103 cm³/mol. The van der Waals surface area contributed by atoms with Gasteiger partial charge in [-0.3, -0.25) is 9.59 Å². The third kappa shape index (κ3) is 6.21. The van der Waals surface area contributed by atoms with Crippen LogP contribution in [-0.4, -0.2) is 17.4 Å². The van der Waals surface area contributed by atoms with Crippen LogP contribution in [0.25, 0.3) is 0 Å². The lowest BCUT2D eigenvalue weighted by molar-refractivity contribution is -0.117. The maximum atomic E-state index is 12.2. The number of anilines is 1. The SMILES string of the molecule is CC(C)(C)NC(=O)c1ccc(NC(=O)C(N)c2ccccc2)cc1.Cl. The molecule has 2 amide bonds. The fourth-order valence-electron chi connectivity index (χ4n) is 2.15. The van der Waals surface area contributed by atoms with Gasteiger partial charge < -0.3 is 16.4 Å². The molecule has 1 atom stereocenters.